The Kier molecular flexibility index (Phi) is 7.71. The Morgan fingerprint density at radius 3 is 2.50 bits per heavy atom. The van der Waals surface area contributed by atoms with Crippen LogP contribution in [-0.4, -0.2) is 19.2 Å². The summed E-state index contributed by atoms with van der Waals surface area (Å²) < 4.78 is 11.2. The monoisotopic (exact) mass is 442 g/mol. The van der Waals surface area contributed by atoms with Crippen molar-refractivity contribution in [3.63, 3.8) is 0 Å². The summed E-state index contributed by atoms with van der Waals surface area (Å²) in [4.78, 5) is 12.0. The summed E-state index contributed by atoms with van der Waals surface area (Å²) in [5, 5.41) is 4.98. The maximum absolute atomic E-state index is 12.0. The molecule has 0 radical (unpaired) electrons. The lowest BCUT2D eigenvalue weighted by Crippen LogP contribution is -2.19. The zero-order valence-corrected chi connectivity index (χ0v) is 17.8. The van der Waals surface area contributed by atoms with E-state index in [4.69, 9.17) is 32.7 Å². The van der Waals surface area contributed by atoms with E-state index < -0.39 is 0 Å². The van der Waals surface area contributed by atoms with Gasteiger partial charge in [0.1, 0.15) is 6.61 Å². The zero-order chi connectivity index (χ0) is 21.3. The zero-order valence-electron chi connectivity index (χ0n) is 16.3. The molecule has 1 amide bonds. The average molecular weight is 443 g/mol. The third-order valence-electron chi connectivity index (χ3n) is 4.18. The predicted molar refractivity (Wildman–Crippen MR) is 120 cm³/mol. The van der Waals surface area contributed by atoms with Crippen molar-refractivity contribution in [2.45, 2.75) is 13.0 Å². The second kappa shape index (κ2) is 10.7. The molecule has 0 aromatic heterocycles. The maximum atomic E-state index is 12.0. The number of rotatable bonds is 8. The number of hydrogen-bond donors (Lipinski definition) is 1. The molecule has 154 valence electrons. The molecule has 0 aliphatic rings. The molecular weight excluding hydrogens is 423 g/mol. The third kappa shape index (κ3) is 6.24. The molecule has 3 aromatic rings. The molecule has 0 aliphatic carbocycles. The van der Waals surface area contributed by atoms with Crippen molar-refractivity contribution in [2.75, 3.05) is 7.11 Å². The standard InChI is InChI=1S/C23H20Cl2N2O3/c1-29-22-12-17(14-26-27-23(28)13-16-5-3-2-4-6-16)8-10-21(22)30-15-18-7-9-19(24)20(25)11-18/h2-12,14H,13,15H2,1H3,(H,27,28)/b26-14-. The van der Waals surface area contributed by atoms with E-state index in [0.717, 1.165) is 16.7 Å². The van der Waals surface area contributed by atoms with Crippen molar-refractivity contribution in [3.05, 3.63) is 93.5 Å². The van der Waals surface area contributed by atoms with E-state index in [1.165, 1.54) is 0 Å². The van der Waals surface area contributed by atoms with Gasteiger partial charge < -0.3 is 9.47 Å². The summed E-state index contributed by atoms with van der Waals surface area (Å²) >= 11 is 12.0. The van der Waals surface area contributed by atoms with Gasteiger partial charge in [-0.1, -0.05) is 59.6 Å². The number of amides is 1. The molecule has 1 N–H and O–H groups in total. The summed E-state index contributed by atoms with van der Waals surface area (Å²) in [6, 6.07) is 20.2. The van der Waals surface area contributed by atoms with Crippen LogP contribution in [0.2, 0.25) is 10.0 Å². The van der Waals surface area contributed by atoms with Crippen LogP contribution in [0.25, 0.3) is 0 Å². The minimum Gasteiger partial charge on any atom is -0.493 e. The van der Waals surface area contributed by atoms with Crippen LogP contribution < -0.4 is 14.9 Å². The maximum Gasteiger partial charge on any atom is 0.244 e. The fourth-order valence-electron chi connectivity index (χ4n) is 2.67. The van der Waals surface area contributed by atoms with Gasteiger partial charge in [0.2, 0.25) is 5.91 Å². The summed E-state index contributed by atoms with van der Waals surface area (Å²) in [7, 11) is 1.56. The van der Waals surface area contributed by atoms with Crippen molar-refractivity contribution in [1.29, 1.82) is 0 Å². The first-order valence-electron chi connectivity index (χ1n) is 9.16. The molecule has 0 bridgehead atoms. The van der Waals surface area contributed by atoms with E-state index in [9.17, 15) is 4.79 Å². The molecule has 0 atom stereocenters. The summed E-state index contributed by atoms with van der Waals surface area (Å²) in [6.07, 6.45) is 1.82. The third-order valence-corrected chi connectivity index (χ3v) is 4.92. The van der Waals surface area contributed by atoms with Crippen LogP contribution in [0.3, 0.4) is 0 Å². The molecule has 3 aromatic carbocycles. The van der Waals surface area contributed by atoms with Crippen molar-refractivity contribution < 1.29 is 14.3 Å². The smallest absolute Gasteiger partial charge is 0.244 e. The number of nitrogens with zero attached hydrogens (tertiary/aromatic N) is 1. The first kappa shape index (κ1) is 21.7. The summed E-state index contributed by atoms with van der Waals surface area (Å²) in [6.45, 7) is 0.316. The first-order valence-corrected chi connectivity index (χ1v) is 9.91. The van der Waals surface area contributed by atoms with E-state index >= 15 is 0 Å². The van der Waals surface area contributed by atoms with E-state index in [2.05, 4.69) is 10.5 Å². The van der Waals surface area contributed by atoms with Crippen LogP contribution >= 0.6 is 23.2 Å². The quantitative estimate of drug-likeness (QED) is 0.381. The van der Waals surface area contributed by atoms with Gasteiger partial charge in [0.05, 0.1) is 29.8 Å². The Hall–Kier alpha value is -3.02. The van der Waals surface area contributed by atoms with Gasteiger partial charge in [0.25, 0.3) is 0 Å². The molecule has 3 rings (SSSR count). The minimum absolute atomic E-state index is 0.189. The van der Waals surface area contributed by atoms with Crippen LogP contribution in [0, 0.1) is 0 Å². The van der Waals surface area contributed by atoms with E-state index in [0.29, 0.717) is 28.2 Å². The molecule has 7 heteroatoms. The van der Waals surface area contributed by atoms with Crippen molar-refractivity contribution in [1.82, 2.24) is 5.43 Å². The van der Waals surface area contributed by atoms with Gasteiger partial charge in [-0.2, -0.15) is 5.10 Å². The van der Waals surface area contributed by atoms with Crippen molar-refractivity contribution in [3.8, 4) is 11.5 Å². The van der Waals surface area contributed by atoms with Gasteiger partial charge in [-0.05, 0) is 47.0 Å². The highest BCUT2D eigenvalue weighted by atomic mass is 35.5. The highest BCUT2D eigenvalue weighted by molar-refractivity contribution is 6.42. The Balaban J connectivity index is 1.58. The van der Waals surface area contributed by atoms with Crippen LogP contribution in [0.5, 0.6) is 11.5 Å². The number of benzene rings is 3. The van der Waals surface area contributed by atoms with Gasteiger partial charge >= 0.3 is 0 Å². The molecule has 0 unspecified atom stereocenters. The van der Waals surface area contributed by atoms with Gasteiger partial charge in [0.15, 0.2) is 11.5 Å². The lowest BCUT2D eigenvalue weighted by Gasteiger charge is -2.11. The van der Waals surface area contributed by atoms with Gasteiger partial charge in [-0.3, -0.25) is 4.79 Å². The second-order valence-electron chi connectivity index (χ2n) is 6.40. The molecule has 0 aliphatic heterocycles. The number of halogens is 2. The Labute approximate surface area is 185 Å². The fourth-order valence-corrected chi connectivity index (χ4v) is 2.99. The Morgan fingerprint density at radius 1 is 0.967 bits per heavy atom. The molecule has 0 heterocycles. The normalized spacial score (nSPS) is 10.8. The predicted octanol–water partition coefficient (Wildman–Crippen LogP) is 5.27. The van der Waals surface area contributed by atoms with Crippen LogP contribution in [0.1, 0.15) is 16.7 Å². The average Bonchev–Trinajstić information content (AvgIpc) is 2.75. The number of methoxy groups -OCH3 is 1. The largest absolute Gasteiger partial charge is 0.493 e. The van der Waals surface area contributed by atoms with Crippen molar-refractivity contribution >= 4 is 35.3 Å². The van der Waals surface area contributed by atoms with Crippen LogP contribution in [0.15, 0.2) is 71.8 Å². The molecule has 0 saturated heterocycles. The highest BCUT2D eigenvalue weighted by Gasteiger charge is 2.07. The number of hydrazone groups is 1. The first-order chi connectivity index (χ1) is 14.5. The Morgan fingerprint density at radius 2 is 1.77 bits per heavy atom. The van der Waals surface area contributed by atoms with E-state index in [-0.39, 0.29) is 12.3 Å². The lowest BCUT2D eigenvalue weighted by atomic mass is 10.1. The number of carbonyl (C=O) groups is 1. The van der Waals surface area contributed by atoms with Crippen LogP contribution in [0.4, 0.5) is 0 Å². The lowest BCUT2D eigenvalue weighted by molar-refractivity contribution is -0.120. The van der Waals surface area contributed by atoms with E-state index in [1.54, 1.807) is 37.6 Å². The number of carbonyl (C=O) groups excluding carboxylic acids is 1. The second-order valence-corrected chi connectivity index (χ2v) is 7.22. The van der Waals surface area contributed by atoms with Crippen LogP contribution in [-0.2, 0) is 17.8 Å². The molecule has 5 nitrogen and oxygen atoms in total. The SMILES string of the molecule is COc1cc(/C=N\NC(=O)Cc2ccccc2)ccc1OCc1ccc(Cl)c(Cl)c1. The fraction of sp³-hybridized carbons (Fsp3) is 0.130. The van der Waals surface area contributed by atoms with Crippen molar-refractivity contribution in [2.24, 2.45) is 5.10 Å². The molecule has 0 fully saturated rings. The summed E-state index contributed by atoms with van der Waals surface area (Å²) in [5.41, 5.74) is 5.09. The van der Waals surface area contributed by atoms with Gasteiger partial charge in [-0.15, -0.1) is 0 Å². The molecule has 30 heavy (non-hydrogen) atoms. The molecule has 0 spiro atoms. The van der Waals surface area contributed by atoms with E-state index in [1.807, 2.05) is 42.5 Å². The van der Waals surface area contributed by atoms with Gasteiger partial charge in [-0.25, -0.2) is 5.43 Å². The topological polar surface area (TPSA) is 59.9 Å². The summed E-state index contributed by atoms with van der Waals surface area (Å²) in [5.74, 6) is 0.939. The van der Waals surface area contributed by atoms with Gasteiger partial charge in [0, 0.05) is 0 Å². The number of nitrogens with one attached hydrogen (secondary N) is 1. The Bertz CT molecular complexity index is 1040. The number of hydrogen-bond acceptors (Lipinski definition) is 4. The number of ether oxygens (including phenoxy) is 2. The highest BCUT2D eigenvalue weighted by Crippen LogP contribution is 2.29. The molecular formula is C23H20Cl2N2O3. The minimum atomic E-state index is -0.189. The molecule has 0 saturated carbocycles.